The molecular formula is C15H29N3O2. The summed E-state index contributed by atoms with van der Waals surface area (Å²) >= 11 is 0. The van der Waals surface area contributed by atoms with Gasteiger partial charge in [-0.15, -0.1) is 0 Å². The summed E-state index contributed by atoms with van der Waals surface area (Å²) in [7, 11) is 3.62. The van der Waals surface area contributed by atoms with Crippen LogP contribution in [0.1, 0.15) is 33.6 Å². The van der Waals surface area contributed by atoms with Crippen LogP contribution in [0, 0.1) is 11.3 Å². The molecule has 0 amide bonds. The van der Waals surface area contributed by atoms with Crippen molar-refractivity contribution in [3.8, 4) is 0 Å². The van der Waals surface area contributed by atoms with E-state index in [9.17, 15) is 0 Å². The number of hydrogen-bond donors (Lipinski definition) is 2. The maximum atomic E-state index is 5.66. The second-order valence-corrected chi connectivity index (χ2v) is 6.74. The Morgan fingerprint density at radius 1 is 1.40 bits per heavy atom. The van der Waals surface area contributed by atoms with Gasteiger partial charge in [-0.25, -0.2) is 0 Å². The van der Waals surface area contributed by atoms with Gasteiger partial charge < -0.3 is 20.1 Å². The first-order valence-corrected chi connectivity index (χ1v) is 7.53. The monoisotopic (exact) mass is 283 g/mol. The van der Waals surface area contributed by atoms with E-state index in [0.29, 0.717) is 12.0 Å². The fourth-order valence-corrected chi connectivity index (χ4v) is 3.07. The molecule has 116 valence electrons. The molecule has 2 fully saturated rings. The van der Waals surface area contributed by atoms with E-state index in [1.807, 2.05) is 7.05 Å². The van der Waals surface area contributed by atoms with Crippen LogP contribution in [0.5, 0.6) is 0 Å². The van der Waals surface area contributed by atoms with Crippen molar-refractivity contribution in [3.63, 3.8) is 0 Å². The summed E-state index contributed by atoms with van der Waals surface area (Å²) in [6, 6.07) is 0.387. The molecule has 2 aliphatic rings. The third kappa shape index (κ3) is 2.79. The van der Waals surface area contributed by atoms with Crippen LogP contribution < -0.4 is 10.6 Å². The highest BCUT2D eigenvalue weighted by Crippen LogP contribution is 2.51. The highest BCUT2D eigenvalue weighted by Gasteiger charge is 2.58. The molecule has 2 N–H and O–H groups in total. The molecule has 20 heavy (non-hydrogen) atoms. The zero-order valence-electron chi connectivity index (χ0n) is 13.5. The Morgan fingerprint density at radius 3 is 2.65 bits per heavy atom. The van der Waals surface area contributed by atoms with Crippen LogP contribution in [0.15, 0.2) is 4.99 Å². The molecule has 0 aromatic rings. The molecule has 1 saturated heterocycles. The van der Waals surface area contributed by atoms with E-state index in [1.165, 1.54) is 0 Å². The van der Waals surface area contributed by atoms with Gasteiger partial charge in [-0.05, 0) is 19.8 Å². The number of ether oxygens (including phenoxy) is 2. The van der Waals surface area contributed by atoms with E-state index in [2.05, 4.69) is 36.4 Å². The van der Waals surface area contributed by atoms with Crippen molar-refractivity contribution in [1.29, 1.82) is 0 Å². The normalized spacial score (nSPS) is 36.5. The quantitative estimate of drug-likeness (QED) is 0.605. The summed E-state index contributed by atoms with van der Waals surface area (Å²) in [6.45, 7) is 9.35. The molecule has 3 unspecified atom stereocenters. The van der Waals surface area contributed by atoms with Crippen molar-refractivity contribution in [3.05, 3.63) is 0 Å². The molecular weight excluding hydrogens is 254 g/mol. The van der Waals surface area contributed by atoms with Gasteiger partial charge >= 0.3 is 0 Å². The van der Waals surface area contributed by atoms with Crippen molar-refractivity contribution < 1.29 is 9.47 Å². The number of nitrogens with zero attached hydrogens (tertiary/aromatic N) is 1. The van der Waals surface area contributed by atoms with Gasteiger partial charge in [0.05, 0.1) is 12.2 Å². The van der Waals surface area contributed by atoms with Crippen LogP contribution in [0.25, 0.3) is 0 Å². The maximum Gasteiger partial charge on any atom is 0.191 e. The third-order valence-corrected chi connectivity index (χ3v) is 5.40. The molecule has 1 saturated carbocycles. The van der Waals surface area contributed by atoms with Crippen molar-refractivity contribution in [2.75, 3.05) is 33.9 Å². The van der Waals surface area contributed by atoms with E-state index < -0.39 is 0 Å². The van der Waals surface area contributed by atoms with Crippen molar-refractivity contribution in [2.45, 2.75) is 45.3 Å². The lowest BCUT2D eigenvalue weighted by molar-refractivity contribution is -0.176. The molecule has 3 atom stereocenters. The van der Waals surface area contributed by atoms with Gasteiger partial charge in [0.15, 0.2) is 5.96 Å². The predicted molar refractivity (Wildman–Crippen MR) is 81.0 cm³/mol. The summed E-state index contributed by atoms with van der Waals surface area (Å²) in [5.74, 6) is 1.49. The van der Waals surface area contributed by atoms with E-state index in [4.69, 9.17) is 9.47 Å². The number of aliphatic imine (C=N–C) groups is 1. The summed E-state index contributed by atoms with van der Waals surface area (Å²) in [5, 5.41) is 6.94. The zero-order chi connectivity index (χ0) is 14.8. The van der Waals surface area contributed by atoms with Gasteiger partial charge in [0.25, 0.3) is 0 Å². The second kappa shape index (κ2) is 5.90. The van der Waals surface area contributed by atoms with Gasteiger partial charge in [-0.2, -0.15) is 0 Å². The predicted octanol–water partition coefficient (Wildman–Crippen LogP) is 1.39. The largest absolute Gasteiger partial charge is 0.381 e. The van der Waals surface area contributed by atoms with Crippen LogP contribution in [-0.2, 0) is 9.47 Å². The van der Waals surface area contributed by atoms with Gasteiger partial charge in [0, 0.05) is 44.7 Å². The summed E-state index contributed by atoms with van der Waals surface area (Å²) in [5.41, 5.74) is 0.0403. The zero-order valence-corrected chi connectivity index (χ0v) is 13.5. The Labute approximate surface area is 122 Å². The average Bonchev–Trinajstić information content (AvgIpc) is 2.95. The topological polar surface area (TPSA) is 54.9 Å². The molecule has 5 nitrogen and oxygen atoms in total. The fourth-order valence-electron chi connectivity index (χ4n) is 3.07. The lowest BCUT2D eigenvalue weighted by Gasteiger charge is -2.59. The van der Waals surface area contributed by atoms with Gasteiger partial charge in [-0.1, -0.05) is 13.8 Å². The smallest absolute Gasteiger partial charge is 0.191 e. The lowest BCUT2D eigenvalue weighted by atomic mass is 9.56. The fraction of sp³-hybridized carbons (Fsp3) is 0.933. The third-order valence-electron chi connectivity index (χ3n) is 5.40. The van der Waals surface area contributed by atoms with E-state index in [1.54, 1.807) is 7.11 Å². The Bertz CT molecular complexity index is 364. The Kier molecular flexibility index (Phi) is 4.59. The van der Waals surface area contributed by atoms with Crippen molar-refractivity contribution in [2.24, 2.45) is 16.3 Å². The SMILES string of the molecule is CN=C(NCC1CCOC1)NC1CC(C)(OC)C1(C)C. The first-order valence-electron chi connectivity index (χ1n) is 7.53. The highest BCUT2D eigenvalue weighted by atomic mass is 16.5. The first kappa shape index (κ1) is 15.6. The van der Waals surface area contributed by atoms with Crippen molar-refractivity contribution >= 4 is 5.96 Å². The Hall–Kier alpha value is -0.810. The molecule has 1 heterocycles. The first-order chi connectivity index (χ1) is 9.43. The number of nitrogens with one attached hydrogen (secondary N) is 2. The molecule has 1 aliphatic heterocycles. The number of rotatable bonds is 4. The van der Waals surface area contributed by atoms with E-state index in [-0.39, 0.29) is 11.0 Å². The molecule has 0 bridgehead atoms. The van der Waals surface area contributed by atoms with E-state index >= 15 is 0 Å². The van der Waals surface area contributed by atoms with Gasteiger partial charge in [0.1, 0.15) is 0 Å². The lowest BCUT2D eigenvalue weighted by Crippen LogP contribution is -2.69. The summed E-state index contributed by atoms with van der Waals surface area (Å²) < 4.78 is 11.1. The molecule has 1 aliphatic carbocycles. The molecule has 0 spiro atoms. The Morgan fingerprint density at radius 2 is 2.15 bits per heavy atom. The minimum Gasteiger partial charge on any atom is -0.381 e. The minimum atomic E-state index is -0.0528. The summed E-state index contributed by atoms with van der Waals surface area (Å²) in [4.78, 5) is 4.32. The summed E-state index contributed by atoms with van der Waals surface area (Å²) in [6.07, 6.45) is 2.14. The maximum absolute atomic E-state index is 5.66. The van der Waals surface area contributed by atoms with Crippen molar-refractivity contribution in [1.82, 2.24) is 10.6 Å². The molecule has 5 heteroatoms. The second-order valence-electron chi connectivity index (χ2n) is 6.74. The van der Waals surface area contributed by atoms with Crippen LogP contribution in [0.3, 0.4) is 0 Å². The standard InChI is InChI=1S/C15H29N3O2/c1-14(2)12(8-15(14,3)19-5)18-13(16-4)17-9-11-6-7-20-10-11/h11-12H,6-10H2,1-5H3,(H2,16,17,18). The average molecular weight is 283 g/mol. The molecule has 0 aromatic carbocycles. The number of guanidine groups is 1. The number of methoxy groups -OCH3 is 1. The van der Waals surface area contributed by atoms with Gasteiger partial charge in [0.2, 0.25) is 0 Å². The van der Waals surface area contributed by atoms with Crippen LogP contribution in [-0.4, -0.2) is 51.5 Å². The van der Waals surface area contributed by atoms with Crippen LogP contribution in [0.4, 0.5) is 0 Å². The molecule has 0 aromatic heterocycles. The van der Waals surface area contributed by atoms with Crippen LogP contribution in [0.2, 0.25) is 0 Å². The molecule has 0 radical (unpaired) electrons. The van der Waals surface area contributed by atoms with Gasteiger partial charge in [-0.3, -0.25) is 4.99 Å². The highest BCUT2D eigenvalue weighted by molar-refractivity contribution is 5.80. The Balaban J connectivity index is 1.82. The van der Waals surface area contributed by atoms with E-state index in [0.717, 1.165) is 38.6 Å². The number of hydrogen-bond acceptors (Lipinski definition) is 3. The van der Waals surface area contributed by atoms with Crippen LogP contribution >= 0.6 is 0 Å². The molecule has 2 rings (SSSR count). The minimum absolute atomic E-state index is 0.0528.